The Hall–Kier alpha value is -2.94. The Kier molecular flexibility index (Phi) is 5.41. The maximum Gasteiger partial charge on any atom is 0.255 e. The van der Waals surface area contributed by atoms with Crippen LogP contribution in [0, 0.1) is 12.7 Å². The Bertz CT molecular complexity index is 1030. The summed E-state index contributed by atoms with van der Waals surface area (Å²) in [5.41, 5.74) is 7.05. The molecule has 1 amide bonds. The fraction of sp³-hybridized carbons (Fsp3) is 0.167. The highest BCUT2D eigenvalue weighted by Crippen LogP contribution is 2.38. The summed E-state index contributed by atoms with van der Waals surface area (Å²) >= 11 is 3.46. The van der Waals surface area contributed by atoms with E-state index in [-0.39, 0.29) is 12.4 Å². The topological polar surface area (TPSA) is 99.4 Å². The average Bonchev–Trinajstić information content (AvgIpc) is 2.62. The van der Waals surface area contributed by atoms with Crippen molar-refractivity contribution in [3.8, 4) is 11.5 Å². The van der Waals surface area contributed by atoms with Crippen molar-refractivity contribution in [2.45, 2.75) is 6.92 Å². The molecule has 3 aromatic rings. The largest absolute Gasteiger partial charge is 0.495 e. The van der Waals surface area contributed by atoms with E-state index in [1.807, 2.05) is 13.0 Å². The quantitative estimate of drug-likeness (QED) is 0.616. The molecule has 0 radical (unpaired) electrons. The van der Waals surface area contributed by atoms with Crippen LogP contribution >= 0.6 is 15.9 Å². The number of nitrogens with one attached hydrogen (secondary N) is 1. The minimum absolute atomic E-state index is 0.141. The monoisotopic (exact) mass is 434 g/mol. The zero-order valence-electron chi connectivity index (χ0n) is 14.5. The minimum Gasteiger partial charge on any atom is -0.495 e. The third-order valence-corrected chi connectivity index (χ3v) is 4.43. The number of nitrogens with two attached hydrogens (primary N) is 1. The molecule has 140 valence electrons. The van der Waals surface area contributed by atoms with E-state index in [0.717, 1.165) is 15.4 Å². The first kappa shape index (κ1) is 18.8. The van der Waals surface area contributed by atoms with Crippen LogP contribution in [0.4, 0.5) is 15.9 Å². The number of aromatic nitrogens is 2. The van der Waals surface area contributed by atoms with E-state index in [1.165, 1.54) is 24.5 Å². The highest BCUT2D eigenvalue weighted by atomic mass is 79.9. The standard InChI is InChI=1S/C18H16BrFN4O3/c1-9-16-13(6-11(19)17(9)26-2)22-8-23-18(16)24-12-4-3-10(20)5-14(12)27-7-15(21)25/h3-6,8H,7H2,1-2H3,(H2,21,25)(H,22,23,24). The number of anilines is 2. The van der Waals surface area contributed by atoms with Crippen molar-refractivity contribution in [2.75, 3.05) is 19.0 Å². The molecule has 3 rings (SSSR count). The summed E-state index contributed by atoms with van der Waals surface area (Å²) in [5.74, 6) is 0.114. The van der Waals surface area contributed by atoms with E-state index < -0.39 is 11.7 Å². The van der Waals surface area contributed by atoms with Gasteiger partial charge in [0.2, 0.25) is 0 Å². The van der Waals surface area contributed by atoms with Crippen LogP contribution in [0.3, 0.4) is 0 Å². The summed E-state index contributed by atoms with van der Waals surface area (Å²) in [5, 5.41) is 3.85. The Labute approximate surface area is 162 Å². The predicted octanol–water partition coefficient (Wildman–Crippen LogP) is 3.46. The van der Waals surface area contributed by atoms with Gasteiger partial charge in [0.15, 0.2) is 6.61 Å². The minimum atomic E-state index is -0.664. The predicted molar refractivity (Wildman–Crippen MR) is 103 cm³/mol. The molecule has 0 bridgehead atoms. The molecule has 0 atom stereocenters. The first-order valence-corrected chi connectivity index (χ1v) is 8.65. The van der Waals surface area contributed by atoms with E-state index in [9.17, 15) is 9.18 Å². The molecule has 7 nitrogen and oxygen atoms in total. The van der Waals surface area contributed by atoms with Crippen molar-refractivity contribution in [1.29, 1.82) is 0 Å². The van der Waals surface area contributed by atoms with E-state index in [4.69, 9.17) is 15.2 Å². The lowest BCUT2D eigenvalue weighted by atomic mass is 10.1. The molecular weight excluding hydrogens is 419 g/mol. The molecule has 0 fully saturated rings. The Morgan fingerprint density at radius 1 is 1.33 bits per heavy atom. The number of benzene rings is 2. The lowest BCUT2D eigenvalue weighted by molar-refractivity contribution is -0.119. The van der Waals surface area contributed by atoms with Crippen LogP contribution in [0.25, 0.3) is 10.9 Å². The number of rotatable bonds is 6. The lowest BCUT2D eigenvalue weighted by Gasteiger charge is -2.16. The molecule has 0 aliphatic carbocycles. The van der Waals surface area contributed by atoms with Gasteiger partial charge in [0.25, 0.3) is 5.91 Å². The molecular formula is C18H16BrFN4O3. The number of hydrogen-bond donors (Lipinski definition) is 2. The molecule has 2 aromatic carbocycles. The molecule has 1 heterocycles. The van der Waals surface area contributed by atoms with E-state index in [2.05, 4.69) is 31.2 Å². The SMILES string of the molecule is COc1c(Br)cc2ncnc(Nc3ccc(F)cc3OCC(N)=O)c2c1C. The summed E-state index contributed by atoms with van der Waals surface area (Å²) in [6.07, 6.45) is 1.41. The van der Waals surface area contributed by atoms with Gasteiger partial charge in [0.05, 0.1) is 22.8 Å². The first-order valence-electron chi connectivity index (χ1n) is 7.86. The summed E-state index contributed by atoms with van der Waals surface area (Å²) in [4.78, 5) is 19.6. The lowest BCUT2D eigenvalue weighted by Crippen LogP contribution is -2.20. The van der Waals surface area contributed by atoms with E-state index in [1.54, 1.807) is 7.11 Å². The van der Waals surface area contributed by atoms with Gasteiger partial charge in [0.1, 0.15) is 29.5 Å². The normalized spacial score (nSPS) is 10.7. The van der Waals surface area contributed by atoms with Crippen LogP contribution in [0.1, 0.15) is 5.56 Å². The van der Waals surface area contributed by atoms with Gasteiger partial charge in [-0.25, -0.2) is 14.4 Å². The number of fused-ring (bicyclic) bond motifs is 1. The second kappa shape index (κ2) is 7.75. The van der Waals surface area contributed by atoms with Crippen LogP contribution in [0.5, 0.6) is 11.5 Å². The van der Waals surface area contributed by atoms with Gasteiger partial charge in [-0.05, 0) is 41.1 Å². The number of nitrogens with zero attached hydrogens (tertiary/aromatic N) is 2. The fourth-order valence-electron chi connectivity index (χ4n) is 2.70. The van der Waals surface area contributed by atoms with Gasteiger partial charge in [0, 0.05) is 17.0 Å². The molecule has 9 heteroatoms. The van der Waals surface area contributed by atoms with Gasteiger partial charge in [-0.15, -0.1) is 0 Å². The summed E-state index contributed by atoms with van der Waals surface area (Å²) in [6, 6.07) is 5.75. The molecule has 27 heavy (non-hydrogen) atoms. The van der Waals surface area contributed by atoms with Gasteiger partial charge in [-0.3, -0.25) is 4.79 Å². The van der Waals surface area contributed by atoms with Crippen LogP contribution in [0.15, 0.2) is 35.1 Å². The highest BCUT2D eigenvalue weighted by Gasteiger charge is 2.16. The van der Waals surface area contributed by atoms with Crippen LogP contribution in [-0.2, 0) is 4.79 Å². The van der Waals surface area contributed by atoms with Gasteiger partial charge in [-0.2, -0.15) is 0 Å². The van der Waals surface area contributed by atoms with Crippen molar-refractivity contribution < 1.29 is 18.7 Å². The summed E-state index contributed by atoms with van der Waals surface area (Å²) in [6.45, 7) is 1.51. The van der Waals surface area contributed by atoms with Gasteiger partial charge < -0.3 is 20.5 Å². The van der Waals surface area contributed by atoms with Crippen LogP contribution in [0.2, 0.25) is 0 Å². The van der Waals surface area contributed by atoms with E-state index in [0.29, 0.717) is 22.8 Å². The number of aryl methyl sites for hydroxylation is 1. The molecule has 0 aliphatic heterocycles. The molecule has 0 aliphatic rings. The summed E-state index contributed by atoms with van der Waals surface area (Å²) < 4.78 is 25.1. The zero-order valence-corrected chi connectivity index (χ0v) is 16.1. The number of carbonyl (C=O) groups is 1. The Morgan fingerprint density at radius 2 is 2.11 bits per heavy atom. The van der Waals surface area contributed by atoms with Crippen molar-refractivity contribution >= 4 is 44.2 Å². The number of carbonyl (C=O) groups excluding carboxylic acids is 1. The molecule has 0 unspecified atom stereocenters. The van der Waals surface area contributed by atoms with E-state index >= 15 is 0 Å². The maximum atomic E-state index is 13.6. The number of ether oxygens (including phenoxy) is 2. The molecule has 3 N–H and O–H groups in total. The second-order valence-corrected chi connectivity index (χ2v) is 6.51. The number of halogens is 2. The number of methoxy groups -OCH3 is 1. The summed E-state index contributed by atoms with van der Waals surface area (Å²) in [7, 11) is 1.57. The van der Waals surface area contributed by atoms with Crippen LogP contribution in [-0.4, -0.2) is 29.6 Å². The van der Waals surface area contributed by atoms with Gasteiger partial charge in [-0.1, -0.05) is 0 Å². The average molecular weight is 435 g/mol. The van der Waals surface area contributed by atoms with Crippen molar-refractivity contribution in [3.63, 3.8) is 0 Å². The molecule has 1 aromatic heterocycles. The fourth-order valence-corrected chi connectivity index (χ4v) is 3.37. The second-order valence-electron chi connectivity index (χ2n) is 5.65. The third kappa shape index (κ3) is 3.92. The first-order chi connectivity index (χ1) is 12.9. The Balaban J connectivity index is 2.08. The zero-order chi connectivity index (χ0) is 19.6. The third-order valence-electron chi connectivity index (χ3n) is 3.84. The smallest absolute Gasteiger partial charge is 0.255 e. The van der Waals surface area contributed by atoms with Crippen LogP contribution < -0.4 is 20.5 Å². The molecule has 0 saturated heterocycles. The van der Waals surface area contributed by atoms with Gasteiger partial charge >= 0.3 is 0 Å². The van der Waals surface area contributed by atoms with Crippen molar-refractivity contribution in [3.05, 3.63) is 46.4 Å². The highest BCUT2D eigenvalue weighted by molar-refractivity contribution is 9.10. The number of amides is 1. The van der Waals surface area contributed by atoms with Crippen molar-refractivity contribution in [2.24, 2.45) is 5.73 Å². The molecule has 0 saturated carbocycles. The number of hydrogen-bond acceptors (Lipinski definition) is 6. The number of primary amides is 1. The maximum absolute atomic E-state index is 13.6. The Morgan fingerprint density at radius 3 is 2.81 bits per heavy atom. The molecule has 0 spiro atoms. The van der Waals surface area contributed by atoms with Crippen molar-refractivity contribution in [1.82, 2.24) is 9.97 Å².